The van der Waals surface area contributed by atoms with Gasteiger partial charge in [-0.2, -0.15) is 0 Å². The molecule has 2 heterocycles. The molecule has 32 heavy (non-hydrogen) atoms. The number of carbonyl (C=O) groups excluding carboxylic acids is 1. The van der Waals surface area contributed by atoms with Crippen molar-refractivity contribution in [3.63, 3.8) is 0 Å². The van der Waals surface area contributed by atoms with Crippen molar-refractivity contribution in [3.8, 4) is 0 Å². The first-order valence-electron chi connectivity index (χ1n) is 12.2. The fourth-order valence-corrected chi connectivity index (χ4v) is 5.69. The number of carbonyl (C=O) groups is 1. The number of ether oxygens (including phenoxy) is 1. The Bertz CT molecular complexity index is 869. The number of nitrogens with zero attached hydrogens (tertiary/aromatic N) is 2. The van der Waals surface area contributed by atoms with E-state index in [0.29, 0.717) is 12.2 Å². The molecule has 5 nitrogen and oxygen atoms in total. The molecule has 5 heteroatoms. The van der Waals surface area contributed by atoms with E-state index < -0.39 is 11.6 Å². The smallest absolute Gasteiger partial charge is 0.343 e. The molecule has 1 N–H and O–H groups in total. The summed E-state index contributed by atoms with van der Waals surface area (Å²) in [5, 5.41) is 11.7. The number of hydrogen-bond donors (Lipinski definition) is 1. The maximum atomic E-state index is 13.4. The first-order valence-corrected chi connectivity index (χ1v) is 12.2. The van der Waals surface area contributed by atoms with E-state index in [0.717, 1.165) is 62.5 Å². The number of esters is 1. The molecule has 1 aliphatic heterocycles. The standard InChI is InChI=1S/C27H37N2O3/c1-29(20-16-22-14-17-28-18-15-22)19-8-13-25(29)21-32-26(30)27(31,23-9-4-2-5-10-23)24-11-6-3-7-12-24/h2,4-5,9-10,14-15,17-18,24-25,31H,3,6-8,11-13,16,19-21H2,1H3/q+1/t25?,27?,29-/m1/s1. The molecule has 0 spiro atoms. The van der Waals surface area contributed by atoms with E-state index in [4.69, 9.17) is 4.74 Å². The SMILES string of the molecule is C[N@+]1(CCc2ccncc2)CCCC1COC(=O)C(O)(c1ccccc1)C1CCCCC1. The summed E-state index contributed by atoms with van der Waals surface area (Å²) in [5.74, 6) is -0.550. The van der Waals surface area contributed by atoms with Crippen molar-refractivity contribution in [3.05, 3.63) is 66.0 Å². The lowest BCUT2D eigenvalue weighted by Gasteiger charge is -2.39. The average Bonchev–Trinajstić information content (AvgIpc) is 3.23. The Morgan fingerprint density at radius 1 is 1.06 bits per heavy atom. The van der Waals surface area contributed by atoms with Crippen LogP contribution in [-0.2, 0) is 21.6 Å². The summed E-state index contributed by atoms with van der Waals surface area (Å²) < 4.78 is 6.84. The highest BCUT2D eigenvalue weighted by molar-refractivity contribution is 5.81. The quantitative estimate of drug-likeness (QED) is 0.496. The molecule has 2 aromatic rings. The Morgan fingerprint density at radius 2 is 1.78 bits per heavy atom. The minimum atomic E-state index is -1.55. The third-order valence-corrected chi connectivity index (χ3v) is 7.88. The Hall–Kier alpha value is -2.24. The fraction of sp³-hybridized carbons (Fsp3) is 0.556. The van der Waals surface area contributed by atoms with E-state index >= 15 is 0 Å². The van der Waals surface area contributed by atoms with Crippen LogP contribution < -0.4 is 0 Å². The lowest BCUT2D eigenvalue weighted by Crippen LogP contribution is -2.52. The zero-order valence-corrected chi connectivity index (χ0v) is 19.3. The normalized spacial score (nSPS) is 25.9. The minimum absolute atomic E-state index is 0.0812. The summed E-state index contributed by atoms with van der Waals surface area (Å²) in [7, 11) is 2.28. The zero-order valence-electron chi connectivity index (χ0n) is 19.3. The van der Waals surface area contributed by atoms with Gasteiger partial charge < -0.3 is 14.3 Å². The molecular weight excluding hydrogens is 400 g/mol. The lowest BCUT2D eigenvalue weighted by molar-refractivity contribution is -0.921. The van der Waals surface area contributed by atoms with Crippen LogP contribution >= 0.6 is 0 Å². The molecule has 1 aromatic carbocycles. The van der Waals surface area contributed by atoms with E-state index in [-0.39, 0.29) is 12.0 Å². The maximum Gasteiger partial charge on any atom is 0.343 e. The minimum Gasteiger partial charge on any atom is -0.457 e. The Morgan fingerprint density at radius 3 is 2.50 bits per heavy atom. The Labute approximate surface area is 192 Å². The van der Waals surface area contributed by atoms with Crippen LogP contribution in [0.1, 0.15) is 56.1 Å². The van der Waals surface area contributed by atoms with E-state index in [1.54, 1.807) is 0 Å². The van der Waals surface area contributed by atoms with Crippen molar-refractivity contribution in [2.45, 2.75) is 63.0 Å². The number of benzene rings is 1. The van der Waals surface area contributed by atoms with Gasteiger partial charge in [0.1, 0.15) is 12.6 Å². The van der Waals surface area contributed by atoms with Gasteiger partial charge in [-0.3, -0.25) is 4.98 Å². The second-order valence-electron chi connectivity index (χ2n) is 9.89. The molecule has 3 atom stereocenters. The lowest BCUT2D eigenvalue weighted by atomic mass is 9.73. The van der Waals surface area contributed by atoms with Crippen molar-refractivity contribution in [1.82, 2.24) is 4.98 Å². The van der Waals surface area contributed by atoms with Crippen LogP contribution in [0.25, 0.3) is 0 Å². The van der Waals surface area contributed by atoms with Crippen LogP contribution in [0, 0.1) is 5.92 Å². The number of pyridine rings is 1. The highest BCUT2D eigenvalue weighted by Gasteiger charge is 2.48. The predicted octanol–water partition coefficient (Wildman–Crippen LogP) is 4.24. The van der Waals surface area contributed by atoms with Gasteiger partial charge in [0.25, 0.3) is 0 Å². The van der Waals surface area contributed by atoms with Crippen LogP contribution in [0.5, 0.6) is 0 Å². The molecule has 2 fully saturated rings. The van der Waals surface area contributed by atoms with E-state index in [1.165, 1.54) is 12.0 Å². The molecule has 2 aliphatic rings. The molecule has 1 aromatic heterocycles. The number of likely N-dealkylation sites (tertiary alicyclic amines) is 1. The monoisotopic (exact) mass is 437 g/mol. The Balaban J connectivity index is 1.44. The van der Waals surface area contributed by atoms with Crippen LogP contribution in [-0.4, -0.2) is 53.3 Å². The van der Waals surface area contributed by atoms with Gasteiger partial charge >= 0.3 is 5.97 Å². The molecular formula is C27H37N2O3+. The van der Waals surface area contributed by atoms with Gasteiger partial charge in [0.15, 0.2) is 5.60 Å². The summed E-state index contributed by atoms with van der Waals surface area (Å²) in [6.45, 7) is 2.48. The highest BCUT2D eigenvalue weighted by Crippen LogP contribution is 2.40. The number of aliphatic hydroxyl groups is 1. The Kier molecular flexibility index (Phi) is 7.27. The predicted molar refractivity (Wildman–Crippen MR) is 125 cm³/mol. The average molecular weight is 438 g/mol. The van der Waals surface area contributed by atoms with Crippen molar-refractivity contribution < 1.29 is 19.1 Å². The van der Waals surface area contributed by atoms with Gasteiger partial charge in [-0.15, -0.1) is 0 Å². The van der Waals surface area contributed by atoms with Gasteiger partial charge in [-0.25, -0.2) is 4.79 Å². The second-order valence-corrected chi connectivity index (χ2v) is 9.89. The molecule has 2 unspecified atom stereocenters. The van der Waals surface area contributed by atoms with Crippen molar-refractivity contribution in [1.29, 1.82) is 0 Å². The van der Waals surface area contributed by atoms with Gasteiger partial charge in [0.2, 0.25) is 0 Å². The first-order chi connectivity index (χ1) is 15.5. The number of aromatic nitrogens is 1. The second kappa shape index (κ2) is 10.1. The van der Waals surface area contributed by atoms with Crippen LogP contribution in [0.2, 0.25) is 0 Å². The largest absolute Gasteiger partial charge is 0.457 e. The maximum absolute atomic E-state index is 13.4. The summed E-state index contributed by atoms with van der Waals surface area (Å²) in [5.41, 5.74) is 0.400. The van der Waals surface area contributed by atoms with E-state index in [2.05, 4.69) is 24.2 Å². The first kappa shape index (κ1) is 22.9. The third kappa shape index (κ3) is 4.89. The van der Waals surface area contributed by atoms with Crippen LogP contribution in [0.15, 0.2) is 54.9 Å². The van der Waals surface area contributed by atoms with Crippen molar-refractivity contribution in [2.24, 2.45) is 5.92 Å². The van der Waals surface area contributed by atoms with Gasteiger partial charge in [0, 0.05) is 37.6 Å². The summed E-state index contributed by atoms with van der Waals surface area (Å²) in [4.78, 5) is 17.5. The van der Waals surface area contributed by atoms with Crippen molar-refractivity contribution in [2.75, 3.05) is 26.7 Å². The third-order valence-electron chi connectivity index (χ3n) is 7.88. The van der Waals surface area contributed by atoms with E-state index in [9.17, 15) is 9.90 Å². The van der Waals surface area contributed by atoms with Crippen molar-refractivity contribution >= 4 is 5.97 Å². The summed E-state index contributed by atoms with van der Waals surface area (Å²) in [6, 6.07) is 13.8. The number of rotatable bonds is 8. The zero-order chi connectivity index (χ0) is 22.4. The number of quaternary nitrogens is 1. The molecule has 0 amide bonds. The molecule has 0 bridgehead atoms. The van der Waals surface area contributed by atoms with E-state index in [1.807, 2.05) is 42.7 Å². The number of hydrogen-bond acceptors (Lipinski definition) is 4. The topological polar surface area (TPSA) is 59.4 Å². The van der Waals surface area contributed by atoms with Crippen LogP contribution in [0.4, 0.5) is 0 Å². The summed E-state index contributed by atoms with van der Waals surface area (Å²) in [6.07, 6.45) is 11.9. The number of likely N-dealkylation sites (N-methyl/N-ethyl adjacent to an activating group) is 1. The van der Waals surface area contributed by atoms with Gasteiger partial charge in [0.05, 0.1) is 20.1 Å². The highest BCUT2D eigenvalue weighted by atomic mass is 16.6. The van der Waals surface area contributed by atoms with Gasteiger partial charge in [-0.05, 0) is 36.1 Å². The van der Waals surface area contributed by atoms with Gasteiger partial charge in [-0.1, -0.05) is 49.6 Å². The molecule has 172 valence electrons. The molecule has 1 aliphatic carbocycles. The fourth-order valence-electron chi connectivity index (χ4n) is 5.69. The molecule has 1 saturated carbocycles. The summed E-state index contributed by atoms with van der Waals surface area (Å²) >= 11 is 0. The molecule has 0 radical (unpaired) electrons. The molecule has 4 rings (SSSR count). The molecule has 1 saturated heterocycles. The van der Waals surface area contributed by atoms with Crippen LogP contribution in [0.3, 0.4) is 0 Å².